The van der Waals surface area contributed by atoms with Crippen LogP contribution in [0.5, 0.6) is 0 Å². The molecule has 1 aliphatic rings. The second-order valence-electron chi connectivity index (χ2n) is 5.43. The molecular formula is C16H21N3O4. The Kier molecular flexibility index (Phi) is 5.56. The van der Waals surface area contributed by atoms with E-state index in [9.17, 15) is 14.4 Å². The number of para-hydroxylation sites is 1. The average molecular weight is 319 g/mol. The zero-order chi connectivity index (χ0) is 16.8. The van der Waals surface area contributed by atoms with E-state index in [1.165, 1.54) is 4.90 Å². The van der Waals surface area contributed by atoms with Gasteiger partial charge in [0.05, 0.1) is 6.42 Å². The van der Waals surface area contributed by atoms with Crippen molar-refractivity contribution in [3.8, 4) is 0 Å². The van der Waals surface area contributed by atoms with E-state index < -0.39 is 18.0 Å². The predicted octanol–water partition coefficient (Wildman–Crippen LogP) is 1.62. The monoisotopic (exact) mass is 319 g/mol. The van der Waals surface area contributed by atoms with E-state index in [2.05, 4.69) is 5.32 Å². The fourth-order valence-electron chi connectivity index (χ4n) is 2.65. The highest BCUT2D eigenvalue weighted by Gasteiger charge is 2.38. The van der Waals surface area contributed by atoms with Crippen molar-refractivity contribution in [2.24, 2.45) is 0 Å². The number of hydrogen-bond donors (Lipinski definition) is 2. The Labute approximate surface area is 134 Å². The van der Waals surface area contributed by atoms with Gasteiger partial charge in [-0.3, -0.25) is 9.59 Å². The van der Waals surface area contributed by atoms with Gasteiger partial charge in [0, 0.05) is 25.3 Å². The number of carboxylic acid groups (broad SMARTS) is 1. The fraction of sp³-hybridized carbons (Fsp3) is 0.438. The zero-order valence-corrected chi connectivity index (χ0v) is 13.1. The van der Waals surface area contributed by atoms with Crippen molar-refractivity contribution in [1.82, 2.24) is 9.80 Å². The van der Waals surface area contributed by atoms with E-state index in [1.54, 1.807) is 29.2 Å². The summed E-state index contributed by atoms with van der Waals surface area (Å²) in [5.41, 5.74) is 0.606. The summed E-state index contributed by atoms with van der Waals surface area (Å²) in [5, 5.41) is 11.8. The van der Waals surface area contributed by atoms with Crippen LogP contribution in [0, 0.1) is 0 Å². The number of carbonyl (C=O) groups is 3. The topological polar surface area (TPSA) is 89.9 Å². The summed E-state index contributed by atoms with van der Waals surface area (Å²) in [6, 6.07) is 7.46. The van der Waals surface area contributed by atoms with Gasteiger partial charge in [-0.25, -0.2) is 4.79 Å². The van der Waals surface area contributed by atoms with E-state index in [0.717, 1.165) is 6.42 Å². The standard InChI is InChI=1S/C16H21N3O4/c1-2-8-18-9-10-19(13(15(18)22)11-14(20)21)16(23)17-12-6-4-3-5-7-12/h3-7,13H,2,8-11H2,1H3,(H,17,23)(H,20,21). The van der Waals surface area contributed by atoms with E-state index in [-0.39, 0.29) is 12.3 Å². The molecule has 1 atom stereocenters. The molecule has 23 heavy (non-hydrogen) atoms. The summed E-state index contributed by atoms with van der Waals surface area (Å²) in [4.78, 5) is 38.9. The lowest BCUT2D eigenvalue weighted by Crippen LogP contribution is -2.60. The van der Waals surface area contributed by atoms with Gasteiger partial charge in [0.2, 0.25) is 5.91 Å². The first-order valence-corrected chi connectivity index (χ1v) is 7.66. The molecule has 1 fully saturated rings. The molecule has 0 bridgehead atoms. The molecule has 2 N–H and O–H groups in total. The summed E-state index contributed by atoms with van der Waals surface area (Å²) >= 11 is 0. The Morgan fingerprint density at radius 2 is 1.96 bits per heavy atom. The number of anilines is 1. The Bertz CT molecular complexity index is 576. The number of rotatable bonds is 5. The third-order valence-corrected chi connectivity index (χ3v) is 3.73. The van der Waals surface area contributed by atoms with Crippen molar-refractivity contribution >= 4 is 23.6 Å². The van der Waals surface area contributed by atoms with E-state index in [4.69, 9.17) is 5.11 Å². The Morgan fingerprint density at radius 3 is 2.57 bits per heavy atom. The Morgan fingerprint density at radius 1 is 1.26 bits per heavy atom. The number of nitrogens with zero attached hydrogens (tertiary/aromatic N) is 2. The summed E-state index contributed by atoms with van der Waals surface area (Å²) in [5.74, 6) is -1.40. The third-order valence-electron chi connectivity index (χ3n) is 3.73. The molecule has 124 valence electrons. The van der Waals surface area contributed by atoms with Gasteiger partial charge >= 0.3 is 12.0 Å². The maximum absolute atomic E-state index is 12.5. The zero-order valence-electron chi connectivity index (χ0n) is 13.1. The smallest absolute Gasteiger partial charge is 0.322 e. The number of nitrogens with one attached hydrogen (secondary N) is 1. The van der Waals surface area contributed by atoms with Crippen LogP contribution >= 0.6 is 0 Å². The number of hydrogen-bond acceptors (Lipinski definition) is 3. The molecule has 0 saturated carbocycles. The Hall–Kier alpha value is -2.57. The van der Waals surface area contributed by atoms with Gasteiger partial charge < -0.3 is 20.2 Å². The van der Waals surface area contributed by atoms with Crippen LogP contribution in [0.25, 0.3) is 0 Å². The predicted molar refractivity (Wildman–Crippen MR) is 85.1 cm³/mol. The quantitative estimate of drug-likeness (QED) is 0.863. The van der Waals surface area contributed by atoms with E-state index in [0.29, 0.717) is 25.3 Å². The maximum Gasteiger partial charge on any atom is 0.322 e. The van der Waals surface area contributed by atoms with Crippen molar-refractivity contribution < 1.29 is 19.5 Å². The number of carbonyl (C=O) groups excluding carboxylic acids is 2. The number of piperazine rings is 1. The van der Waals surface area contributed by atoms with Crippen LogP contribution in [-0.2, 0) is 9.59 Å². The van der Waals surface area contributed by atoms with Gasteiger partial charge in [-0.1, -0.05) is 25.1 Å². The molecule has 0 radical (unpaired) electrons. The molecule has 1 aromatic rings. The van der Waals surface area contributed by atoms with Crippen LogP contribution in [0.1, 0.15) is 19.8 Å². The molecular weight excluding hydrogens is 298 g/mol. The molecule has 7 nitrogen and oxygen atoms in total. The molecule has 1 aromatic carbocycles. The van der Waals surface area contributed by atoms with Gasteiger partial charge in [-0.05, 0) is 18.6 Å². The van der Waals surface area contributed by atoms with Gasteiger partial charge in [-0.2, -0.15) is 0 Å². The maximum atomic E-state index is 12.5. The van der Waals surface area contributed by atoms with Gasteiger partial charge in [0.1, 0.15) is 6.04 Å². The van der Waals surface area contributed by atoms with Crippen LogP contribution in [-0.4, -0.2) is 58.5 Å². The number of amides is 3. The van der Waals surface area contributed by atoms with Gasteiger partial charge in [0.15, 0.2) is 0 Å². The van der Waals surface area contributed by atoms with Crippen molar-refractivity contribution in [3.05, 3.63) is 30.3 Å². The summed E-state index contributed by atoms with van der Waals surface area (Å²) < 4.78 is 0. The number of aliphatic carboxylic acids is 1. The van der Waals surface area contributed by atoms with E-state index in [1.807, 2.05) is 13.0 Å². The molecule has 1 saturated heterocycles. The number of benzene rings is 1. The van der Waals surface area contributed by atoms with Gasteiger partial charge in [0.25, 0.3) is 0 Å². The summed E-state index contributed by atoms with van der Waals surface area (Å²) in [6.45, 7) is 3.27. The molecule has 0 aromatic heterocycles. The van der Waals surface area contributed by atoms with Crippen LogP contribution in [0.15, 0.2) is 30.3 Å². The SMILES string of the molecule is CCCN1CCN(C(=O)Nc2ccccc2)C(CC(=O)O)C1=O. The highest BCUT2D eigenvalue weighted by atomic mass is 16.4. The summed E-state index contributed by atoms with van der Waals surface area (Å²) in [7, 11) is 0. The van der Waals surface area contributed by atoms with Crippen molar-refractivity contribution in [2.45, 2.75) is 25.8 Å². The van der Waals surface area contributed by atoms with Crippen molar-refractivity contribution in [1.29, 1.82) is 0 Å². The van der Waals surface area contributed by atoms with Crippen molar-refractivity contribution in [3.63, 3.8) is 0 Å². The van der Waals surface area contributed by atoms with Crippen LogP contribution in [0.4, 0.5) is 10.5 Å². The molecule has 1 heterocycles. The molecule has 1 aliphatic heterocycles. The number of urea groups is 1. The second kappa shape index (κ2) is 7.62. The molecule has 3 amide bonds. The molecule has 0 aliphatic carbocycles. The van der Waals surface area contributed by atoms with Gasteiger partial charge in [-0.15, -0.1) is 0 Å². The first kappa shape index (κ1) is 16.8. The largest absolute Gasteiger partial charge is 0.481 e. The lowest BCUT2D eigenvalue weighted by molar-refractivity contribution is -0.147. The molecule has 2 rings (SSSR count). The first-order valence-electron chi connectivity index (χ1n) is 7.66. The second-order valence-corrected chi connectivity index (χ2v) is 5.43. The first-order chi connectivity index (χ1) is 11.0. The minimum absolute atomic E-state index is 0.302. The highest BCUT2D eigenvalue weighted by Crippen LogP contribution is 2.17. The molecule has 1 unspecified atom stereocenters. The summed E-state index contributed by atoms with van der Waals surface area (Å²) in [6.07, 6.45) is 0.406. The molecule has 7 heteroatoms. The average Bonchev–Trinajstić information content (AvgIpc) is 2.52. The fourth-order valence-corrected chi connectivity index (χ4v) is 2.65. The third kappa shape index (κ3) is 4.21. The lowest BCUT2D eigenvalue weighted by atomic mass is 10.1. The highest BCUT2D eigenvalue weighted by molar-refractivity contribution is 5.96. The normalized spacial score (nSPS) is 18.0. The van der Waals surface area contributed by atoms with Crippen LogP contribution in [0.3, 0.4) is 0 Å². The van der Waals surface area contributed by atoms with E-state index >= 15 is 0 Å². The minimum atomic E-state index is -1.10. The Balaban J connectivity index is 2.13. The van der Waals surface area contributed by atoms with Crippen LogP contribution in [0.2, 0.25) is 0 Å². The lowest BCUT2D eigenvalue weighted by Gasteiger charge is -2.40. The number of carboxylic acids is 1. The minimum Gasteiger partial charge on any atom is -0.481 e. The van der Waals surface area contributed by atoms with Crippen LogP contribution < -0.4 is 5.32 Å². The van der Waals surface area contributed by atoms with Crippen molar-refractivity contribution in [2.75, 3.05) is 25.0 Å². The molecule has 0 spiro atoms.